The number of pyridine rings is 1. The van der Waals surface area contributed by atoms with E-state index in [0.29, 0.717) is 0 Å². The number of carbonyl (C=O) groups is 2. The van der Waals surface area contributed by atoms with Gasteiger partial charge in [0.05, 0.1) is 11.4 Å². The van der Waals surface area contributed by atoms with Gasteiger partial charge in [-0.15, -0.1) is 0 Å². The van der Waals surface area contributed by atoms with E-state index < -0.39 is 0 Å². The average molecular weight is 415 g/mol. The van der Waals surface area contributed by atoms with Crippen molar-refractivity contribution in [3.8, 4) is 0 Å². The number of rotatable bonds is 0. The van der Waals surface area contributed by atoms with E-state index in [0.717, 1.165) is 11.1 Å². The zero-order valence-corrected chi connectivity index (χ0v) is 15.6. The summed E-state index contributed by atoms with van der Waals surface area (Å²) in [5, 5.41) is 25.0. The van der Waals surface area contributed by atoms with Crippen molar-refractivity contribution < 1.29 is 26.7 Å². The number of ketones is 2. The molecule has 27 heavy (non-hydrogen) atoms. The summed E-state index contributed by atoms with van der Waals surface area (Å²) in [5.41, 5.74) is 1.71. The number of aromatic nitrogens is 1. The van der Waals surface area contributed by atoms with Gasteiger partial charge >= 0.3 is 0 Å². The molecule has 145 valence electrons. The van der Waals surface area contributed by atoms with Crippen molar-refractivity contribution in [1.29, 1.82) is 0 Å². The van der Waals surface area contributed by atoms with Crippen molar-refractivity contribution in [3.05, 3.63) is 88.6 Å². The molecule has 2 aliphatic carbocycles. The van der Waals surface area contributed by atoms with Gasteiger partial charge in [0.15, 0.2) is 0 Å². The van der Waals surface area contributed by atoms with Crippen molar-refractivity contribution >= 4 is 23.0 Å². The molecular weight excluding hydrogens is 398 g/mol. The number of carbonyl (C=O) groups excluding carboxylic acids is 2. The molecule has 0 saturated carbocycles. The molecule has 8 heteroatoms. The second-order valence-electron chi connectivity index (χ2n) is 5.15. The third-order valence-electron chi connectivity index (χ3n) is 2.99. The van der Waals surface area contributed by atoms with Crippen LogP contribution in [0.1, 0.15) is 13.8 Å². The van der Waals surface area contributed by atoms with E-state index in [2.05, 4.69) is 15.3 Å². The zero-order valence-electron chi connectivity index (χ0n) is 14.6. The summed E-state index contributed by atoms with van der Waals surface area (Å²) in [6.07, 6.45) is 12.4. The largest absolute Gasteiger partial charge is 0.791 e. The van der Waals surface area contributed by atoms with Gasteiger partial charge < -0.3 is 20.7 Å². The summed E-state index contributed by atoms with van der Waals surface area (Å²) in [6.45, 7) is 3.60. The molecular formula is C19H17CuN3O4-2. The Labute approximate surface area is 167 Å². The molecule has 1 aromatic rings. The fourth-order valence-corrected chi connectivity index (χ4v) is 1.71. The Kier molecular flexibility index (Phi) is 11.7. The third-order valence-corrected chi connectivity index (χ3v) is 2.99. The van der Waals surface area contributed by atoms with Crippen LogP contribution in [0.25, 0.3) is 0 Å². The molecule has 7 nitrogen and oxygen atoms in total. The van der Waals surface area contributed by atoms with E-state index in [1.165, 1.54) is 24.3 Å². The van der Waals surface area contributed by atoms with Crippen LogP contribution >= 0.6 is 0 Å². The minimum atomic E-state index is -0.319. The number of nitrogens with zero attached hydrogens (tertiary/aromatic N) is 3. The molecule has 3 rings (SSSR count). The first kappa shape index (κ1) is 23.9. The van der Waals surface area contributed by atoms with Gasteiger partial charge in [0.1, 0.15) is 0 Å². The van der Waals surface area contributed by atoms with Crippen LogP contribution in [0, 0.1) is 10.4 Å². The summed E-state index contributed by atoms with van der Waals surface area (Å²) in [6, 6.07) is 5.72. The SMILES string of the molecule is CC1=C/C(=N\[O-])C(=O)C=C1.CC1=C/C(=N\[O-])C(=O)C=C1.[Cu].c1ccncc1. The molecule has 2 aliphatic rings. The van der Waals surface area contributed by atoms with E-state index in [1.54, 1.807) is 38.4 Å². The van der Waals surface area contributed by atoms with E-state index in [1.807, 2.05) is 18.2 Å². The van der Waals surface area contributed by atoms with Crippen LogP contribution in [0.5, 0.6) is 0 Å². The Bertz CT molecular complexity index is 742. The van der Waals surface area contributed by atoms with Gasteiger partial charge in [-0.1, -0.05) is 18.2 Å². The monoisotopic (exact) mass is 414 g/mol. The van der Waals surface area contributed by atoms with Gasteiger partial charge in [-0.2, -0.15) is 0 Å². The molecule has 0 amide bonds. The number of hydrogen-bond donors (Lipinski definition) is 0. The van der Waals surface area contributed by atoms with Gasteiger partial charge in [0.2, 0.25) is 11.6 Å². The molecule has 0 bridgehead atoms. The molecule has 0 unspecified atom stereocenters. The van der Waals surface area contributed by atoms with Crippen LogP contribution < -0.4 is 0 Å². The second kappa shape index (κ2) is 13.2. The molecule has 0 N–H and O–H groups in total. The normalized spacial score (nSPS) is 17.7. The molecule has 0 fully saturated rings. The Balaban J connectivity index is 0.000000380. The molecule has 0 spiro atoms. The summed E-state index contributed by atoms with van der Waals surface area (Å²) in [7, 11) is 0. The smallest absolute Gasteiger partial charge is 0.203 e. The summed E-state index contributed by atoms with van der Waals surface area (Å²) >= 11 is 0. The van der Waals surface area contributed by atoms with Crippen LogP contribution in [0.2, 0.25) is 0 Å². The average Bonchev–Trinajstić information content (AvgIpc) is 2.68. The van der Waals surface area contributed by atoms with E-state index >= 15 is 0 Å². The van der Waals surface area contributed by atoms with Crippen LogP contribution in [-0.2, 0) is 26.7 Å². The predicted octanol–water partition coefficient (Wildman–Crippen LogP) is 3.10. The first-order chi connectivity index (χ1) is 12.5. The van der Waals surface area contributed by atoms with Gasteiger partial charge in [-0.3, -0.25) is 14.6 Å². The van der Waals surface area contributed by atoms with Gasteiger partial charge in [0, 0.05) is 29.5 Å². The van der Waals surface area contributed by atoms with Crippen molar-refractivity contribution in [2.45, 2.75) is 13.8 Å². The summed E-state index contributed by atoms with van der Waals surface area (Å²) in [5.74, 6) is -0.638. The Hall–Kier alpha value is -3.09. The second-order valence-corrected chi connectivity index (χ2v) is 5.15. The van der Waals surface area contributed by atoms with Crippen LogP contribution in [0.15, 0.2) is 88.5 Å². The molecule has 1 aromatic heterocycles. The Morgan fingerprint density at radius 3 is 1.37 bits per heavy atom. The van der Waals surface area contributed by atoms with Crippen LogP contribution in [-0.4, -0.2) is 28.0 Å². The maximum absolute atomic E-state index is 10.7. The van der Waals surface area contributed by atoms with E-state index in [4.69, 9.17) is 0 Å². The molecule has 0 aliphatic heterocycles. The maximum atomic E-state index is 10.7. The zero-order chi connectivity index (χ0) is 19.4. The number of allylic oxidation sites excluding steroid dienone is 8. The third kappa shape index (κ3) is 9.25. The molecule has 1 heterocycles. The summed E-state index contributed by atoms with van der Waals surface area (Å²) in [4.78, 5) is 25.2. The first-order valence-electron chi connectivity index (χ1n) is 7.55. The predicted molar refractivity (Wildman–Crippen MR) is 102 cm³/mol. The van der Waals surface area contributed by atoms with E-state index in [9.17, 15) is 20.0 Å². The van der Waals surface area contributed by atoms with Crippen molar-refractivity contribution in [3.63, 3.8) is 0 Å². The Morgan fingerprint density at radius 2 is 1.15 bits per heavy atom. The minimum absolute atomic E-state index is 0. The van der Waals surface area contributed by atoms with Gasteiger partial charge in [-0.25, -0.2) is 0 Å². The molecule has 0 atom stereocenters. The standard InChI is InChI=1S/2C7H7NO2.C5H5N.Cu/c2*1-5-2-3-7(9)6(4-5)8-10;1-2-4-6-5-3-1;/h2*2-4,10H,1H3;1-5H;/p-2/b2*8-6+;;. The fraction of sp³-hybridized carbons (Fsp3) is 0.105. The van der Waals surface area contributed by atoms with Crippen LogP contribution in [0.4, 0.5) is 0 Å². The van der Waals surface area contributed by atoms with Crippen molar-refractivity contribution in [1.82, 2.24) is 4.98 Å². The van der Waals surface area contributed by atoms with Crippen molar-refractivity contribution in [2.24, 2.45) is 10.3 Å². The maximum Gasteiger partial charge on any atom is 0.203 e. The fourth-order valence-electron chi connectivity index (χ4n) is 1.71. The van der Waals surface area contributed by atoms with Gasteiger partial charge in [-0.05, 0) is 61.4 Å². The molecule has 0 saturated heterocycles. The first-order valence-corrected chi connectivity index (χ1v) is 7.55. The van der Waals surface area contributed by atoms with Crippen LogP contribution in [0.3, 0.4) is 0 Å². The summed E-state index contributed by atoms with van der Waals surface area (Å²) < 4.78 is 0. The molecule has 1 radical (unpaired) electrons. The topological polar surface area (TPSA) is 118 Å². The number of hydrogen-bond acceptors (Lipinski definition) is 7. The van der Waals surface area contributed by atoms with Crippen molar-refractivity contribution in [2.75, 3.05) is 0 Å². The molecule has 0 aromatic carbocycles. The van der Waals surface area contributed by atoms with Gasteiger partial charge in [0.25, 0.3) is 0 Å². The quantitative estimate of drug-likeness (QED) is 0.367. The Morgan fingerprint density at radius 1 is 0.741 bits per heavy atom. The van der Waals surface area contributed by atoms with E-state index in [-0.39, 0.29) is 40.1 Å². The minimum Gasteiger partial charge on any atom is -0.791 e.